The zero-order valence-electron chi connectivity index (χ0n) is 11.7. The van der Waals surface area contributed by atoms with Crippen LogP contribution in [-0.2, 0) is 7.05 Å². The van der Waals surface area contributed by atoms with E-state index >= 15 is 0 Å². The molecule has 0 radical (unpaired) electrons. The van der Waals surface area contributed by atoms with Crippen LogP contribution in [0.1, 0.15) is 16.3 Å². The average Bonchev–Trinajstić information content (AvgIpc) is 3.08. The third-order valence-electron chi connectivity index (χ3n) is 2.57. The molecule has 0 atom stereocenters. The number of carbonyl (C=O) groups excluding carboxylic acids is 1. The molecule has 0 spiro atoms. The molecule has 0 saturated carbocycles. The van der Waals surface area contributed by atoms with Gasteiger partial charge in [-0.05, 0) is 30.8 Å². The van der Waals surface area contributed by atoms with E-state index in [0.29, 0.717) is 26.8 Å². The molecule has 1 amide bonds. The second-order valence-corrected chi connectivity index (χ2v) is 6.03. The van der Waals surface area contributed by atoms with Crippen LogP contribution in [0.3, 0.4) is 0 Å². The van der Waals surface area contributed by atoms with E-state index in [0.717, 1.165) is 11.5 Å². The predicted molar refractivity (Wildman–Crippen MR) is 82.0 cm³/mol. The quantitative estimate of drug-likeness (QED) is 0.777. The van der Waals surface area contributed by atoms with Gasteiger partial charge in [0.05, 0.1) is 0 Å². The standard InChI is InChI=1S/C12H11N7OS2/c1-7-14-11(22-18-7)16-10(20)8-4-3-5-9(15-8)21-12-17-13-6-19(12)2/h3-6H,1-2H3,(H,14,16,18,20). The van der Waals surface area contributed by atoms with Crippen LogP contribution < -0.4 is 5.32 Å². The second kappa shape index (κ2) is 6.20. The number of aryl methyl sites for hydroxylation is 2. The maximum atomic E-state index is 12.2. The number of nitrogens with one attached hydrogen (secondary N) is 1. The van der Waals surface area contributed by atoms with E-state index in [1.54, 1.807) is 30.0 Å². The highest BCUT2D eigenvalue weighted by Gasteiger charge is 2.12. The molecule has 3 rings (SSSR count). The molecule has 0 bridgehead atoms. The van der Waals surface area contributed by atoms with Gasteiger partial charge in [-0.1, -0.05) is 6.07 Å². The van der Waals surface area contributed by atoms with Gasteiger partial charge in [0.1, 0.15) is 22.9 Å². The lowest BCUT2D eigenvalue weighted by Crippen LogP contribution is -2.13. The molecule has 1 N–H and O–H groups in total. The normalized spacial score (nSPS) is 10.6. The van der Waals surface area contributed by atoms with Gasteiger partial charge in [0.15, 0.2) is 5.16 Å². The van der Waals surface area contributed by atoms with Gasteiger partial charge in [-0.15, -0.1) is 10.2 Å². The number of amides is 1. The SMILES string of the molecule is Cc1nsc(NC(=O)c2cccc(Sc3nncn3C)n2)n1. The third-order valence-corrected chi connectivity index (χ3v) is 4.28. The number of aromatic nitrogens is 6. The van der Waals surface area contributed by atoms with E-state index in [1.807, 2.05) is 13.1 Å². The van der Waals surface area contributed by atoms with Crippen molar-refractivity contribution in [3.05, 3.63) is 36.0 Å². The zero-order chi connectivity index (χ0) is 15.5. The number of carbonyl (C=O) groups is 1. The lowest BCUT2D eigenvalue weighted by molar-refractivity contribution is 0.102. The second-order valence-electron chi connectivity index (χ2n) is 4.29. The predicted octanol–water partition coefficient (Wildman–Crippen LogP) is 1.77. The first kappa shape index (κ1) is 14.6. The van der Waals surface area contributed by atoms with E-state index in [9.17, 15) is 4.79 Å². The van der Waals surface area contributed by atoms with Crippen molar-refractivity contribution in [2.24, 2.45) is 7.05 Å². The summed E-state index contributed by atoms with van der Waals surface area (Å²) in [6.07, 6.45) is 1.61. The molecule has 10 heteroatoms. The Morgan fingerprint density at radius 2 is 2.23 bits per heavy atom. The van der Waals surface area contributed by atoms with Crippen molar-refractivity contribution in [2.75, 3.05) is 5.32 Å². The van der Waals surface area contributed by atoms with Gasteiger partial charge in [0.2, 0.25) is 5.13 Å². The smallest absolute Gasteiger partial charge is 0.276 e. The molecule has 3 aromatic heterocycles. The lowest BCUT2D eigenvalue weighted by atomic mass is 10.3. The van der Waals surface area contributed by atoms with Crippen LogP contribution in [0.15, 0.2) is 34.7 Å². The fourth-order valence-electron chi connectivity index (χ4n) is 1.57. The first-order valence-corrected chi connectivity index (χ1v) is 7.81. The van der Waals surface area contributed by atoms with Crippen LogP contribution in [0, 0.1) is 6.92 Å². The fraction of sp³-hybridized carbons (Fsp3) is 0.167. The van der Waals surface area contributed by atoms with E-state index in [2.05, 4.69) is 29.9 Å². The molecule has 3 aromatic rings. The van der Waals surface area contributed by atoms with Crippen LogP contribution in [0.4, 0.5) is 5.13 Å². The monoisotopic (exact) mass is 333 g/mol. The highest BCUT2D eigenvalue weighted by molar-refractivity contribution is 7.99. The number of anilines is 1. The summed E-state index contributed by atoms with van der Waals surface area (Å²) in [6, 6.07) is 5.22. The Balaban J connectivity index is 1.75. The molecule has 0 fully saturated rings. The van der Waals surface area contributed by atoms with E-state index in [-0.39, 0.29) is 5.91 Å². The Morgan fingerprint density at radius 3 is 2.91 bits per heavy atom. The van der Waals surface area contributed by atoms with Crippen molar-refractivity contribution < 1.29 is 4.79 Å². The summed E-state index contributed by atoms with van der Waals surface area (Å²) in [5.74, 6) is 0.302. The van der Waals surface area contributed by atoms with Gasteiger partial charge in [0, 0.05) is 18.6 Å². The minimum Gasteiger partial charge on any atom is -0.311 e. The minimum atomic E-state index is -0.323. The fourth-order valence-corrected chi connectivity index (χ4v) is 2.89. The first-order chi connectivity index (χ1) is 10.6. The molecule has 0 saturated heterocycles. The molecule has 0 aliphatic rings. The summed E-state index contributed by atoms with van der Waals surface area (Å²) in [4.78, 5) is 20.6. The zero-order valence-corrected chi connectivity index (χ0v) is 13.4. The summed E-state index contributed by atoms with van der Waals surface area (Å²) < 4.78 is 5.79. The molecule has 3 heterocycles. The lowest BCUT2D eigenvalue weighted by Gasteiger charge is -2.03. The van der Waals surface area contributed by atoms with Crippen molar-refractivity contribution in [2.45, 2.75) is 17.1 Å². The topological polar surface area (TPSA) is 98.5 Å². The van der Waals surface area contributed by atoms with Crippen molar-refractivity contribution >= 4 is 34.3 Å². The number of pyridine rings is 1. The van der Waals surface area contributed by atoms with E-state index < -0.39 is 0 Å². The van der Waals surface area contributed by atoms with E-state index in [1.165, 1.54) is 11.8 Å². The number of hydrogen-bond donors (Lipinski definition) is 1. The van der Waals surface area contributed by atoms with Crippen LogP contribution in [0.2, 0.25) is 0 Å². The van der Waals surface area contributed by atoms with Crippen molar-refractivity contribution in [3.8, 4) is 0 Å². The molecule has 0 aliphatic heterocycles. The Morgan fingerprint density at radius 1 is 1.36 bits per heavy atom. The number of rotatable bonds is 4. The summed E-state index contributed by atoms with van der Waals surface area (Å²) >= 11 is 2.47. The Labute approximate surface area is 134 Å². The number of hydrogen-bond acceptors (Lipinski definition) is 8. The van der Waals surface area contributed by atoms with Crippen molar-refractivity contribution in [1.82, 2.24) is 29.1 Å². The highest BCUT2D eigenvalue weighted by atomic mass is 32.2. The molecular weight excluding hydrogens is 322 g/mol. The molecule has 0 unspecified atom stereocenters. The Hall–Kier alpha value is -2.33. The molecular formula is C12H11N7OS2. The molecule has 0 aromatic carbocycles. The summed E-state index contributed by atoms with van der Waals surface area (Å²) in [6.45, 7) is 1.77. The van der Waals surface area contributed by atoms with Crippen LogP contribution in [0.5, 0.6) is 0 Å². The van der Waals surface area contributed by atoms with Crippen LogP contribution >= 0.6 is 23.3 Å². The molecule has 8 nitrogen and oxygen atoms in total. The average molecular weight is 333 g/mol. The van der Waals surface area contributed by atoms with Crippen molar-refractivity contribution in [3.63, 3.8) is 0 Å². The molecule has 112 valence electrons. The van der Waals surface area contributed by atoms with Crippen LogP contribution in [0.25, 0.3) is 0 Å². The van der Waals surface area contributed by atoms with Gasteiger partial charge in [-0.25, -0.2) is 9.97 Å². The molecule has 22 heavy (non-hydrogen) atoms. The maximum Gasteiger partial charge on any atom is 0.276 e. The third kappa shape index (κ3) is 3.28. The van der Waals surface area contributed by atoms with E-state index in [4.69, 9.17) is 0 Å². The van der Waals surface area contributed by atoms with Crippen LogP contribution in [-0.4, -0.2) is 35.0 Å². The van der Waals surface area contributed by atoms with Gasteiger partial charge in [-0.2, -0.15) is 4.37 Å². The van der Waals surface area contributed by atoms with Gasteiger partial charge in [-0.3, -0.25) is 10.1 Å². The number of nitrogens with zero attached hydrogens (tertiary/aromatic N) is 6. The van der Waals surface area contributed by atoms with Crippen molar-refractivity contribution in [1.29, 1.82) is 0 Å². The molecule has 0 aliphatic carbocycles. The van der Waals surface area contributed by atoms with Gasteiger partial charge < -0.3 is 4.57 Å². The Bertz CT molecular complexity index is 813. The minimum absolute atomic E-state index is 0.306. The first-order valence-electron chi connectivity index (χ1n) is 6.22. The Kier molecular flexibility index (Phi) is 4.11. The largest absolute Gasteiger partial charge is 0.311 e. The summed E-state index contributed by atoms with van der Waals surface area (Å²) in [5, 5.41) is 12.3. The van der Waals surface area contributed by atoms with Gasteiger partial charge >= 0.3 is 0 Å². The highest BCUT2D eigenvalue weighted by Crippen LogP contribution is 2.23. The summed E-state index contributed by atoms with van der Waals surface area (Å²) in [5.41, 5.74) is 0.306. The van der Waals surface area contributed by atoms with Gasteiger partial charge in [0.25, 0.3) is 5.91 Å². The summed E-state index contributed by atoms with van der Waals surface area (Å²) in [7, 11) is 1.84. The maximum absolute atomic E-state index is 12.2.